The summed E-state index contributed by atoms with van der Waals surface area (Å²) < 4.78 is 0. The standard InChI is InChI=1S/C13H19Cl2N3/c1-10(18-5-3-2-4-6-18)8-16-13-12(15)7-11(14)9-17-13/h7,9-10H,2-6,8H2,1H3,(H,16,17). The quantitative estimate of drug-likeness (QED) is 0.916. The van der Waals surface area contributed by atoms with Gasteiger partial charge in [-0.15, -0.1) is 0 Å². The van der Waals surface area contributed by atoms with Crippen LogP contribution in [0.2, 0.25) is 10.0 Å². The van der Waals surface area contributed by atoms with Gasteiger partial charge in [0.15, 0.2) is 0 Å². The minimum Gasteiger partial charge on any atom is -0.367 e. The van der Waals surface area contributed by atoms with Gasteiger partial charge >= 0.3 is 0 Å². The van der Waals surface area contributed by atoms with Crippen molar-refractivity contribution in [2.75, 3.05) is 25.0 Å². The Hall–Kier alpha value is -0.510. The zero-order chi connectivity index (χ0) is 13.0. The minimum atomic E-state index is 0.499. The highest BCUT2D eigenvalue weighted by molar-refractivity contribution is 6.35. The molecule has 1 fully saturated rings. The van der Waals surface area contributed by atoms with Crippen LogP contribution in [0.5, 0.6) is 0 Å². The lowest BCUT2D eigenvalue weighted by Crippen LogP contribution is -2.41. The van der Waals surface area contributed by atoms with Crippen molar-refractivity contribution in [3.8, 4) is 0 Å². The fraction of sp³-hybridized carbons (Fsp3) is 0.615. The van der Waals surface area contributed by atoms with Gasteiger partial charge in [-0.2, -0.15) is 0 Å². The van der Waals surface area contributed by atoms with Crippen molar-refractivity contribution >= 4 is 29.0 Å². The van der Waals surface area contributed by atoms with E-state index in [4.69, 9.17) is 23.2 Å². The van der Waals surface area contributed by atoms with Crippen molar-refractivity contribution in [2.45, 2.75) is 32.2 Å². The number of hydrogen-bond donors (Lipinski definition) is 1. The second-order valence-corrected chi connectivity index (χ2v) is 5.65. The summed E-state index contributed by atoms with van der Waals surface area (Å²) in [7, 11) is 0. The predicted molar refractivity (Wildman–Crippen MR) is 77.6 cm³/mol. The molecule has 1 aliphatic rings. The average molecular weight is 288 g/mol. The molecule has 0 amide bonds. The van der Waals surface area contributed by atoms with Gasteiger partial charge in [0.2, 0.25) is 0 Å². The highest BCUT2D eigenvalue weighted by atomic mass is 35.5. The highest BCUT2D eigenvalue weighted by Gasteiger charge is 2.16. The second kappa shape index (κ2) is 6.60. The molecule has 1 atom stereocenters. The maximum absolute atomic E-state index is 6.08. The van der Waals surface area contributed by atoms with Crippen LogP contribution in [0.25, 0.3) is 0 Å². The van der Waals surface area contributed by atoms with Crippen LogP contribution in [0.1, 0.15) is 26.2 Å². The topological polar surface area (TPSA) is 28.2 Å². The summed E-state index contributed by atoms with van der Waals surface area (Å²) in [5, 5.41) is 4.44. The second-order valence-electron chi connectivity index (χ2n) is 4.81. The summed E-state index contributed by atoms with van der Waals surface area (Å²) >= 11 is 11.9. The van der Waals surface area contributed by atoms with E-state index < -0.39 is 0 Å². The fourth-order valence-corrected chi connectivity index (χ4v) is 2.72. The zero-order valence-corrected chi connectivity index (χ0v) is 12.1. The van der Waals surface area contributed by atoms with E-state index >= 15 is 0 Å². The van der Waals surface area contributed by atoms with E-state index in [0.29, 0.717) is 21.9 Å². The maximum atomic E-state index is 6.08. The van der Waals surface area contributed by atoms with Gasteiger partial charge in [0.25, 0.3) is 0 Å². The molecule has 0 aromatic carbocycles. The average Bonchev–Trinajstić information content (AvgIpc) is 2.38. The summed E-state index contributed by atoms with van der Waals surface area (Å²) in [6, 6.07) is 2.21. The van der Waals surface area contributed by atoms with Gasteiger partial charge in [-0.1, -0.05) is 29.6 Å². The Morgan fingerprint density at radius 3 is 2.72 bits per heavy atom. The van der Waals surface area contributed by atoms with E-state index in [0.717, 1.165) is 6.54 Å². The first-order valence-corrected chi connectivity index (χ1v) is 7.21. The van der Waals surface area contributed by atoms with Gasteiger partial charge in [-0.05, 0) is 38.9 Å². The minimum absolute atomic E-state index is 0.499. The van der Waals surface area contributed by atoms with Gasteiger partial charge < -0.3 is 5.32 Å². The van der Waals surface area contributed by atoms with E-state index in [9.17, 15) is 0 Å². The lowest BCUT2D eigenvalue weighted by atomic mass is 10.1. The molecule has 0 spiro atoms. The lowest BCUT2D eigenvalue weighted by molar-refractivity contribution is 0.180. The smallest absolute Gasteiger partial charge is 0.144 e. The van der Waals surface area contributed by atoms with Gasteiger partial charge in [0.05, 0.1) is 10.0 Å². The van der Waals surface area contributed by atoms with E-state index in [1.54, 1.807) is 12.3 Å². The molecule has 2 rings (SSSR count). The normalized spacial score (nSPS) is 18.6. The van der Waals surface area contributed by atoms with E-state index in [-0.39, 0.29) is 0 Å². The number of anilines is 1. The van der Waals surface area contributed by atoms with Crippen molar-refractivity contribution in [1.82, 2.24) is 9.88 Å². The van der Waals surface area contributed by atoms with Crippen LogP contribution in [0, 0.1) is 0 Å². The number of hydrogen-bond acceptors (Lipinski definition) is 3. The summed E-state index contributed by atoms with van der Waals surface area (Å²) in [5.41, 5.74) is 0. The maximum Gasteiger partial charge on any atom is 0.144 e. The number of rotatable bonds is 4. The predicted octanol–water partition coefficient (Wildman–Crippen LogP) is 3.67. The molecule has 0 aliphatic carbocycles. The SMILES string of the molecule is CC(CNc1ncc(Cl)cc1Cl)N1CCCCC1. The van der Waals surface area contributed by atoms with Crippen LogP contribution >= 0.6 is 23.2 Å². The van der Waals surface area contributed by atoms with Crippen LogP contribution in [-0.4, -0.2) is 35.6 Å². The van der Waals surface area contributed by atoms with E-state index in [1.807, 2.05) is 0 Å². The first kappa shape index (κ1) is 13.9. The summed E-state index contributed by atoms with van der Waals surface area (Å²) in [6.07, 6.45) is 5.59. The largest absolute Gasteiger partial charge is 0.367 e. The van der Waals surface area contributed by atoms with Crippen molar-refractivity contribution in [1.29, 1.82) is 0 Å². The molecule has 0 radical (unpaired) electrons. The zero-order valence-electron chi connectivity index (χ0n) is 10.6. The molecule has 1 N–H and O–H groups in total. The van der Waals surface area contributed by atoms with Gasteiger partial charge in [0.1, 0.15) is 5.82 Å². The Morgan fingerprint density at radius 1 is 1.33 bits per heavy atom. The van der Waals surface area contributed by atoms with Gasteiger partial charge in [-0.25, -0.2) is 4.98 Å². The molecule has 1 aromatic heterocycles. The molecular weight excluding hydrogens is 269 g/mol. The van der Waals surface area contributed by atoms with Crippen LogP contribution in [0.3, 0.4) is 0 Å². The molecule has 1 aromatic rings. The summed E-state index contributed by atoms with van der Waals surface area (Å²) in [5.74, 6) is 0.713. The van der Waals surface area contributed by atoms with Crippen molar-refractivity contribution in [2.24, 2.45) is 0 Å². The molecule has 0 bridgehead atoms. The third-order valence-electron chi connectivity index (χ3n) is 3.39. The van der Waals surface area contributed by atoms with Gasteiger partial charge in [-0.3, -0.25) is 4.90 Å². The number of halogens is 2. The summed E-state index contributed by atoms with van der Waals surface area (Å²) in [4.78, 5) is 6.72. The molecule has 1 aliphatic heterocycles. The Balaban J connectivity index is 1.86. The molecule has 18 heavy (non-hydrogen) atoms. The molecule has 100 valence electrons. The molecule has 2 heterocycles. The molecule has 5 heteroatoms. The Kier molecular flexibility index (Phi) is 5.10. The fourth-order valence-electron chi connectivity index (χ4n) is 2.28. The van der Waals surface area contributed by atoms with E-state index in [1.165, 1.54) is 32.4 Å². The molecule has 1 unspecified atom stereocenters. The van der Waals surface area contributed by atoms with E-state index in [2.05, 4.69) is 22.1 Å². The van der Waals surface area contributed by atoms with Crippen LogP contribution in [0.15, 0.2) is 12.3 Å². The van der Waals surface area contributed by atoms with Crippen molar-refractivity contribution in [3.63, 3.8) is 0 Å². The summed E-state index contributed by atoms with van der Waals surface area (Å²) in [6.45, 7) is 5.49. The molecular formula is C13H19Cl2N3. The Morgan fingerprint density at radius 2 is 2.06 bits per heavy atom. The lowest BCUT2D eigenvalue weighted by Gasteiger charge is -2.32. The van der Waals surface area contributed by atoms with Crippen LogP contribution in [0.4, 0.5) is 5.82 Å². The van der Waals surface area contributed by atoms with Crippen molar-refractivity contribution in [3.05, 3.63) is 22.3 Å². The Bertz CT molecular complexity index is 392. The Labute approximate surface area is 118 Å². The van der Waals surface area contributed by atoms with Crippen LogP contribution in [-0.2, 0) is 0 Å². The van der Waals surface area contributed by atoms with Gasteiger partial charge in [0, 0.05) is 18.8 Å². The van der Waals surface area contributed by atoms with Crippen LogP contribution < -0.4 is 5.32 Å². The number of piperidine rings is 1. The molecule has 3 nitrogen and oxygen atoms in total. The number of pyridine rings is 1. The number of likely N-dealkylation sites (tertiary alicyclic amines) is 1. The molecule has 0 saturated carbocycles. The number of nitrogens with zero attached hydrogens (tertiary/aromatic N) is 2. The van der Waals surface area contributed by atoms with Crippen molar-refractivity contribution < 1.29 is 0 Å². The monoisotopic (exact) mass is 287 g/mol. The first-order chi connectivity index (χ1) is 8.66. The first-order valence-electron chi connectivity index (χ1n) is 6.46. The molecule has 1 saturated heterocycles. The third kappa shape index (κ3) is 3.74. The third-order valence-corrected chi connectivity index (χ3v) is 3.88. The number of aromatic nitrogens is 1. The highest BCUT2D eigenvalue weighted by Crippen LogP contribution is 2.22. The number of nitrogens with one attached hydrogen (secondary N) is 1.